The second-order valence-corrected chi connectivity index (χ2v) is 5.64. The number of piperidine rings is 1. The van der Waals surface area contributed by atoms with Gasteiger partial charge in [-0.25, -0.2) is 0 Å². The maximum absolute atomic E-state index is 10.1. The zero-order valence-corrected chi connectivity index (χ0v) is 9.78. The van der Waals surface area contributed by atoms with Crippen LogP contribution in [0.3, 0.4) is 0 Å². The van der Waals surface area contributed by atoms with Crippen LogP contribution in [0.15, 0.2) is 0 Å². The van der Waals surface area contributed by atoms with E-state index in [2.05, 4.69) is 4.90 Å². The molecule has 2 aliphatic rings. The van der Waals surface area contributed by atoms with Gasteiger partial charge in [0.1, 0.15) is 0 Å². The Balaban J connectivity index is 1.88. The first-order valence-corrected chi connectivity index (χ1v) is 6.29. The molecule has 0 aromatic carbocycles. The van der Waals surface area contributed by atoms with Crippen molar-refractivity contribution in [1.82, 2.24) is 4.90 Å². The number of hydrogen-bond donors (Lipinski definition) is 2. The topological polar surface area (TPSA) is 49.5 Å². The predicted octanol–water partition coefficient (Wildman–Crippen LogP) is 1.10. The van der Waals surface area contributed by atoms with E-state index in [0.29, 0.717) is 12.1 Å². The number of likely N-dealkylation sites (tertiary alicyclic amines) is 1. The van der Waals surface area contributed by atoms with Crippen molar-refractivity contribution in [3.8, 4) is 0 Å². The van der Waals surface area contributed by atoms with E-state index >= 15 is 0 Å². The normalized spacial score (nSPS) is 44.2. The van der Waals surface area contributed by atoms with Crippen LogP contribution in [0, 0.1) is 0 Å². The molecule has 0 aromatic rings. The highest BCUT2D eigenvalue weighted by Gasteiger charge is 2.33. The van der Waals surface area contributed by atoms with Gasteiger partial charge in [-0.2, -0.15) is 0 Å². The lowest BCUT2D eigenvalue weighted by molar-refractivity contribution is -0.0355. The lowest BCUT2D eigenvalue weighted by Gasteiger charge is -2.43. The van der Waals surface area contributed by atoms with E-state index in [1.807, 2.05) is 6.92 Å². The Morgan fingerprint density at radius 2 is 1.93 bits per heavy atom. The average Bonchev–Trinajstić information content (AvgIpc) is 2.17. The van der Waals surface area contributed by atoms with Crippen molar-refractivity contribution in [2.45, 2.75) is 63.1 Å². The van der Waals surface area contributed by atoms with Crippen LogP contribution in [0.2, 0.25) is 0 Å². The maximum Gasteiger partial charge on any atom is 0.0746 e. The Bertz CT molecular complexity index is 210. The zero-order valence-electron chi connectivity index (χ0n) is 9.78. The third-order valence-corrected chi connectivity index (χ3v) is 3.96. The quantitative estimate of drug-likeness (QED) is 0.684. The molecule has 0 radical (unpaired) electrons. The van der Waals surface area contributed by atoms with Gasteiger partial charge in [-0.3, -0.25) is 4.90 Å². The highest BCUT2D eigenvalue weighted by atomic mass is 16.3. The molecule has 2 rings (SSSR count). The number of aliphatic hydroxyl groups is 1. The number of nitrogens with zero attached hydrogens (tertiary/aromatic N) is 1. The molecule has 15 heavy (non-hydrogen) atoms. The summed E-state index contributed by atoms with van der Waals surface area (Å²) in [6.07, 6.45) is 6.84. The Morgan fingerprint density at radius 1 is 1.27 bits per heavy atom. The Labute approximate surface area is 92.6 Å². The first kappa shape index (κ1) is 11.4. The second-order valence-electron chi connectivity index (χ2n) is 5.64. The van der Waals surface area contributed by atoms with E-state index < -0.39 is 5.60 Å². The second kappa shape index (κ2) is 4.40. The van der Waals surface area contributed by atoms with Crippen LogP contribution < -0.4 is 5.73 Å². The van der Waals surface area contributed by atoms with E-state index in [4.69, 9.17) is 5.73 Å². The van der Waals surface area contributed by atoms with Gasteiger partial charge < -0.3 is 10.8 Å². The highest BCUT2D eigenvalue weighted by molar-refractivity contribution is 4.89. The fourth-order valence-corrected chi connectivity index (χ4v) is 3.04. The fraction of sp³-hybridized carbons (Fsp3) is 1.00. The van der Waals surface area contributed by atoms with E-state index in [9.17, 15) is 5.11 Å². The van der Waals surface area contributed by atoms with Gasteiger partial charge in [0.05, 0.1) is 5.60 Å². The van der Waals surface area contributed by atoms with Crippen molar-refractivity contribution in [1.29, 1.82) is 0 Å². The summed E-state index contributed by atoms with van der Waals surface area (Å²) in [5.74, 6) is 0. The molecule has 0 amide bonds. The lowest BCUT2D eigenvalue weighted by Crippen LogP contribution is -2.51. The molecule has 3 nitrogen and oxygen atoms in total. The minimum Gasteiger partial charge on any atom is -0.389 e. The van der Waals surface area contributed by atoms with Crippen LogP contribution in [0.1, 0.15) is 45.4 Å². The highest BCUT2D eigenvalue weighted by Crippen LogP contribution is 2.28. The molecule has 0 aromatic heterocycles. The van der Waals surface area contributed by atoms with Crippen LogP contribution in [0.4, 0.5) is 0 Å². The molecule has 1 aliphatic heterocycles. The Morgan fingerprint density at radius 3 is 2.53 bits per heavy atom. The molecule has 1 unspecified atom stereocenters. The molecular weight excluding hydrogens is 188 g/mol. The molecule has 0 spiro atoms. The van der Waals surface area contributed by atoms with E-state index in [1.54, 1.807) is 0 Å². The van der Waals surface area contributed by atoms with Crippen LogP contribution in [-0.2, 0) is 0 Å². The Hall–Kier alpha value is -0.120. The monoisotopic (exact) mass is 212 g/mol. The molecule has 3 heteroatoms. The molecule has 1 heterocycles. The summed E-state index contributed by atoms with van der Waals surface area (Å²) in [7, 11) is 0. The maximum atomic E-state index is 10.1. The van der Waals surface area contributed by atoms with Crippen LogP contribution in [0.25, 0.3) is 0 Å². The summed E-state index contributed by atoms with van der Waals surface area (Å²) < 4.78 is 0. The summed E-state index contributed by atoms with van der Waals surface area (Å²) in [5.41, 5.74) is 5.45. The Kier molecular flexibility index (Phi) is 3.33. The van der Waals surface area contributed by atoms with Gasteiger partial charge in [-0.15, -0.1) is 0 Å². The predicted molar refractivity (Wildman–Crippen MR) is 61.7 cm³/mol. The summed E-state index contributed by atoms with van der Waals surface area (Å²) in [6.45, 7) is 3.98. The van der Waals surface area contributed by atoms with E-state index in [0.717, 1.165) is 38.8 Å². The molecule has 1 aliphatic carbocycles. The molecule has 1 saturated heterocycles. The van der Waals surface area contributed by atoms with Crippen molar-refractivity contribution in [3.63, 3.8) is 0 Å². The number of rotatable bonds is 1. The molecule has 2 fully saturated rings. The molecule has 0 bridgehead atoms. The minimum atomic E-state index is -0.461. The molecule has 1 atom stereocenters. The van der Waals surface area contributed by atoms with Gasteiger partial charge in [0.2, 0.25) is 0 Å². The number of β-amino-alcohol motifs (C(OH)–C–C–N with tert-alkyl or cyclic N) is 1. The van der Waals surface area contributed by atoms with Crippen LogP contribution in [0.5, 0.6) is 0 Å². The molecule has 1 saturated carbocycles. The van der Waals surface area contributed by atoms with Crippen molar-refractivity contribution in [2.75, 3.05) is 13.1 Å². The van der Waals surface area contributed by atoms with Gasteiger partial charge >= 0.3 is 0 Å². The summed E-state index contributed by atoms with van der Waals surface area (Å²) in [4.78, 5) is 2.48. The van der Waals surface area contributed by atoms with Gasteiger partial charge in [0.15, 0.2) is 0 Å². The van der Waals surface area contributed by atoms with Crippen molar-refractivity contribution >= 4 is 0 Å². The minimum absolute atomic E-state index is 0.423. The number of nitrogens with two attached hydrogens (primary N) is 1. The third-order valence-electron chi connectivity index (χ3n) is 3.96. The molecule has 3 N–H and O–H groups in total. The van der Waals surface area contributed by atoms with Gasteiger partial charge in [-0.1, -0.05) is 0 Å². The van der Waals surface area contributed by atoms with Crippen LogP contribution in [-0.4, -0.2) is 40.8 Å². The largest absolute Gasteiger partial charge is 0.389 e. The summed E-state index contributed by atoms with van der Waals surface area (Å²) in [5, 5.41) is 10.1. The lowest BCUT2D eigenvalue weighted by atomic mass is 9.87. The molecule has 88 valence electrons. The third kappa shape index (κ3) is 2.92. The van der Waals surface area contributed by atoms with Crippen LogP contribution >= 0.6 is 0 Å². The summed E-state index contributed by atoms with van der Waals surface area (Å²) >= 11 is 0. The van der Waals surface area contributed by atoms with Crippen molar-refractivity contribution in [3.05, 3.63) is 0 Å². The van der Waals surface area contributed by atoms with Gasteiger partial charge in [0.25, 0.3) is 0 Å². The first-order valence-electron chi connectivity index (χ1n) is 6.29. The van der Waals surface area contributed by atoms with Crippen molar-refractivity contribution in [2.24, 2.45) is 5.73 Å². The zero-order chi connectivity index (χ0) is 10.9. The average molecular weight is 212 g/mol. The van der Waals surface area contributed by atoms with Gasteiger partial charge in [-0.05, 0) is 52.0 Å². The molecular formula is C12H24N2O. The smallest absolute Gasteiger partial charge is 0.0746 e. The van der Waals surface area contributed by atoms with E-state index in [-0.39, 0.29) is 0 Å². The number of hydrogen-bond acceptors (Lipinski definition) is 3. The first-order chi connectivity index (χ1) is 7.07. The van der Waals surface area contributed by atoms with E-state index in [1.165, 1.54) is 12.8 Å². The summed E-state index contributed by atoms with van der Waals surface area (Å²) in [6, 6.07) is 1.10. The van der Waals surface area contributed by atoms with Gasteiger partial charge in [0, 0.05) is 18.6 Å². The fourth-order valence-electron chi connectivity index (χ4n) is 3.04. The van der Waals surface area contributed by atoms with Crippen molar-refractivity contribution < 1.29 is 5.11 Å². The SMILES string of the molecule is CC1(O)CCCN(C2CCC(N)CC2)C1. The standard InChI is InChI=1S/C12H24N2O/c1-12(15)7-2-8-14(9-12)11-5-3-10(13)4-6-11/h10-11,15H,2-9,13H2,1H3.